The predicted molar refractivity (Wildman–Crippen MR) is 86.5 cm³/mol. The fourth-order valence-corrected chi connectivity index (χ4v) is 1.65. The van der Waals surface area contributed by atoms with Gasteiger partial charge in [0.25, 0.3) is 5.91 Å². The number of amides is 1. The van der Waals surface area contributed by atoms with Crippen LogP contribution < -0.4 is 10.1 Å². The van der Waals surface area contributed by atoms with Crippen LogP contribution in [0.4, 0.5) is 0 Å². The van der Waals surface area contributed by atoms with E-state index < -0.39 is 12.1 Å². The van der Waals surface area contributed by atoms with Gasteiger partial charge < -0.3 is 19.5 Å². The van der Waals surface area contributed by atoms with Crippen molar-refractivity contribution in [1.29, 1.82) is 0 Å². The van der Waals surface area contributed by atoms with Crippen molar-refractivity contribution >= 4 is 11.9 Å². The van der Waals surface area contributed by atoms with Gasteiger partial charge in [-0.05, 0) is 37.1 Å². The van der Waals surface area contributed by atoms with Crippen molar-refractivity contribution in [2.45, 2.75) is 26.9 Å². The number of esters is 1. The Labute approximate surface area is 137 Å². The molecule has 0 unspecified atom stereocenters. The topological polar surface area (TPSA) is 73.9 Å². The normalized spacial score (nSPS) is 11.9. The van der Waals surface area contributed by atoms with Crippen molar-refractivity contribution in [3.8, 4) is 5.75 Å². The highest BCUT2D eigenvalue weighted by Crippen LogP contribution is 2.14. The Hall–Kier alpha value is -2.08. The van der Waals surface area contributed by atoms with Crippen LogP contribution in [-0.2, 0) is 14.3 Å². The Kier molecular flexibility index (Phi) is 8.11. The quantitative estimate of drug-likeness (QED) is 0.556. The second-order valence-corrected chi connectivity index (χ2v) is 5.56. The first-order valence-corrected chi connectivity index (χ1v) is 7.64. The second kappa shape index (κ2) is 9.84. The summed E-state index contributed by atoms with van der Waals surface area (Å²) in [5.74, 6) is 0.222. The minimum absolute atomic E-state index is 0.354. The summed E-state index contributed by atoms with van der Waals surface area (Å²) in [6.45, 7) is 7.04. The zero-order chi connectivity index (χ0) is 17.2. The molecule has 0 heterocycles. The molecule has 0 aliphatic heterocycles. The van der Waals surface area contributed by atoms with Crippen LogP contribution in [0.3, 0.4) is 0 Å². The van der Waals surface area contributed by atoms with Gasteiger partial charge in [0.2, 0.25) is 0 Å². The Morgan fingerprint density at radius 2 is 1.78 bits per heavy atom. The molecule has 23 heavy (non-hydrogen) atoms. The summed E-state index contributed by atoms with van der Waals surface area (Å²) in [5.41, 5.74) is 0.374. The first-order valence-electron chi connectivity index (χ1n) is 7.64. The molecule has 0 fully saturated rings. The van der Waals surface area contributed by atoms with Crippen molar-refractivity contribution in [3.63, 3.8) is 0 Å². The van der Waals surface area contributed by atoms with Gasteiger partial charge >= 0.3 is 5.97 Å². The van der Waals surface area contributed by atoms with Gasteiger partial charge in [0.1, 0.15) is 5.75 Å². The first-order chi connectivity index (χ1) is 10.9. The van der Waals surface area contributed by atoms with E-state index >= 15 is 0 Å². The van der Waals surface area contributed by atoms with Crippen molar-refractivity contribution in [2.24, 2.45) is 5.92 Å². The summed E-state index contributed by atoms with van der Waals surface area (Å²) in [6.07, 6.45) is -0.865. The fraction of sp³-hybridized carbons (Fsp3) is 0.529. The van der Waals surface area contributed by atoms with Crippen LogP contribution in [0.5, 0.6) is 5.75 Å². The molecule has 1 aromatic carbocycles. The zero-order valence-electron chi connectivity index (χ0n) is 14.1. The molecular formula is C17H25NO5. The van der Waals surface area contributed by atoms with Gasteiger partial charge in [-0.25, -0.2) is 4.79 Å². The van der Waals surface area contributed by atoms with Crippen LogP contribution in [0, 0.1) is 5.92 Å². The first kappa shape index (κ1) is 19.0. The van der Waals surface area contributed by atoms with E-state index in [4.69, 9.17) is 14.2 Å². The molecule has 128 valence electrons. The lowest BCUT2D eigenvalue weighted by Crippen LogP contribution is -2.37. The summed E-state index contributed by atoms with van der Waals surface area (Å²) in [5, 5.41) is 2.62. The highest BCUT2D eigenvalue weighted by Gasteiger charge is 2.18. The van der Waals surface area contributed by atoms with E-state index in [-0.39, 0.29) is 5.91 Å². The highest BCUT2D eigenvalue weighted by molar-refractivity contribution is 5.92. The van der Waals surface area contributed by atoms with Crippen LogP contribution in [-0.4, -0.2) is 44.8 Å². The molecule has 0 spiro atoms. The number of nitrogens with one attached hydrogen (secondary N) is 1. The average Bonchev–Trinajstić information content (AvgIpc) is 2.53. The molecule has 0 aliphatic rings. The lowest BCUT2D eigenvalue weighted by atomic mass is 10.2. The third-order valence-electron chi connectivity index (χ3n) is 2.93. The molecule has 0 bridgehead atoms. The SMILES string of the molecule is COCCNC(=O)[C@@H](C)OC(=O)c1ccc(OCC(C)C)cc1. The van der Waals surface area contributed by atoms with E-state index in [0.29, 0.717) is 37.0 Å². The van der Waals surface area contributed by atoms with Gasteiger partial charge in [-0.3, -0.25) is 4.79 Å². The molecular weight excluding hydrogens is 298 g/mol. The monoisotopic (exact) mass is 323 g/mol. The van der Waals surface area contributed by atoms with Gasteiger partial charge in [-0.1, -0.05) is 13.8 Å². The number of methoxy groups -OCH3 is 1. The third kappa shape index (κ3) is 7.15. The van der Waals surface area contributed by atoms with Gasteiger partial charge in [0, 0.05) is 13.7 Å². The van der Waals surface area contributed by atoms with Gasteiger partial charge in [-0.2, -0.15) is 0 Å². The molecule has 0 saturated heterocycles. The lowest BCUT2D eigenvalue weighted by molar-refractivity contribution is -0.129. The largest absolute Gasteiger partial charge is 0.493 e. The van der Waals surface area contributed by atoms with Gasteiger partial charge in [-0.15, -0.1) is 0 Å². The van der Waals surface area contributed by atoms with Crippen molar-refractivity contribution in [1.82, 2.24) is 5.32 Å². The minimum Gasteiger partial charge on any atom is -0.493 e. The number of rotatable bonds is 9. The summed E-state index contributed by atoms with van der Waals surface area (Å²) in [7, 11) is 1.55. The van der Waals surface area contributed by atoms with E-state index in [9.17, 15) is 9.59 Å². The summed E-state index contributed by atoms with van der Waals surface area (Å²) in [6, 6.07) is 6.66. The van der Waals surface area contributed by atoms with Crippen LogP contribution in [0.2, 0.25) is 0 Å². The molecule has 1 amide bonds. The second-order valence-electron chi connectivity index (χ2n) is 5.56. The molecule has 1 aromatic rings. The number of carbonyl (C=O) groups excluding carboxylic acids is 2. The molecule has 1 rings (SSSR count). The molecule has 0 aromatic heterocycles. The van der Waals surface area contributed by atoms with Crippen molar-refractivity contribution in [3.05, 3.63) is 29.8 Å². The molecule has 0 aliphatic carbocycles. The summed E-state index contributed by atoms with van der Waals surface area (Å²) < 4.78 is 15.5. The van der Waals surface area contributed by atoms with E-state index in [0.717, 1.165) is 0 Å². The highest BCUT2D eigenvalue weighted by atomic mass is 16.5. The Morgan fingerprint density at radius 3 is 2.35 bits per heavy atom. The van der Waals surface area contributed by atoms with Crippen molar-refractivity contribution < 1.29 is 23.8 Å². The van der Waals surface area contributed by atoms with Crippen LogP contribution in [0.25, 0.3) is 0 Å². The fourth-order valence-electron chi connectivity index (χ4n) is 1.65. The maximum Gasteiger partial charge on any atom is 0.338 e. The maximum absolute atomic E-state index is 12.0. The van der Waals surface area contributed by atoms with Crippen molar-refractivity contribution in [2.75, 3.05) is 26.9 Å². The summed E-state index contributed by atoms with van der Waals surface area (Å²) >= 11 is 0. The van der Waals surface area contributed by atoms with Crippen LogP contribution in [0.1, 0.15) is 31.1 Å². The predicted octanol–water partition coefficient (Wildman–Crippen LogP) is 2.03. The number of hydrogen-bond donors (Lipinski definition) is 1. The number of hydrogen-bond acceptors (Lipinski definition) is 5. The Bertz CT molecular complexity index is 498. The standard InChI is InChI=1S/C17H25NO5/c1-12(2)11-22-15-7-5-14(6-8-15)17(20)23-13(3)16(19)18-9-10-21-4/h5-8,12-13H,9-11H2,1-4H3,(H,18,19)/t13-/m1/s1. The Balaban J connectivity index is 2.49. The van der Waals surface area contributed by atoms with Gasteiger partial charge in [0.15, 0.2) is 6.10 Å². The third-order valence-corrected chi connectivity index (χ3v) is 2.93. The van der Waals surface area contributed by atoms with E-state index in [1.54, 1.807) is 31.4 Å². The number of carbonyl (C=O) groups is 2. The van der Waals surface area contributed by atoms with E-state index in [1.165, 1.54) is 6.92 Å². The average molecular weight is 323 g/mol. The van der Waals surface area contributed by atoms with Crippen LogP contribution >= 0.6 is 0 Å². The molecule has 6 heteroatoms. The van der Waals surface area contributed by atoms with E-state index in [2.05, 4.69) is 19.2 Å². The summed E-state index contributed by atoms with van der Waals surface area (Å²) in [4.78, 5) is 23.7. The molecule has 0 radical (unpaired) electrons. The molecule has 6 nitrogen and oxygen atoms in total. The minimum atomic E-state index is -0.865. The zero-order valence-corrected chi connectivity index (χ0v) is 14.1. The maximum atomic E-state index is 12.0. The van der Waals surface area contributed by atoms with Crippen LogP contribution in [0.15, 0.2) is 24.3 Å². The molecule has 0 saturated carbocycles. The Morgan fingerprint density at radius 1 is 1.13 bits per heavy atom. The number of ether oxygens (including phenoxy) is 3. The lowest BCUT2D eigenvalue weighted by Gasteiger charge is -2.13. The smallest absolute Gasteiger partial charge is 0.338 e. The molecule has 1 N–H and O–H groups in total. The van der Waals surface area contributed by atoms with Gasteiger partial charge in [0.05, 0.1) is 18.8 Å². The molecule has 1 atom stereocenters. The number of benzene rings is 1. The van der Waals surface area contributed by atoms with E-state index in [1.807, 2.05) is 0 Å².